The van der Waals surface area contributed by atoms with E-state index in [4.69, 9.17) is 7.85 Å². The third-order valence-electron chi connectivity index (χ3n) is 2.06. The molecular weight excluding hydrogens is 167 g/mol. The lowest BCUT2D eigenvalue weighted by molar-refractivity contribution is -0.132. The van der Waals surface area contributed by atoms with Gasteiger partial charge in [0.15, 0.2) is 5.60 Å². The summed E-state index contributed by atoms with van der Waals surface area (Å²) in [5.74, 6) is -0.472. The van der Waals surface area contributed by atoms with Crippen molar-refractivity contribution in [3.05, 3.63) is 18.0 Å². The molecule has 1 aliphatic rings. The highest BCUT2D eigenvalue weighted by molar-refractivity contribution is 6.32. The van der Waals surface area contributed by atoms with E-state index in [1.165, 1.54) is 13.1 Å². The van der Waals surface area contributed by atoms with Gasteiger partial charge in [0.05, 0.1) is 5.69 Å². The monoisotopic (exact) mass is 174 g/mol. The zero-order valence-corrected chi connectivity index (χ0v) is 7.03. The van der Waals surface area contributed by atoms with Crippen molar-refractivity contribution < 1.29 is 9.90 Å². The number of rotatable bonds is 0. The second-order valence-corrected chi connectivity index (χ2v) is 3.19. The maximum absolute atomic E-state index is 11.2. The number of nitrogens with one attached hydrogen (secondary N) is 1. The van der Waals surface area contributed by atoms with Gasteiger partial charge in [0.2, 0.25) is 0 Å². The summed E-state index contributed by atoms with van der Waals surface area (Å²) in [6, 6.07) is 1.57. The number of amides is 1. The molecule has 2 rings (SSSR count). The Labute approximate surface area is 76.4 Å². The normalized spacial score (nSPS) is 25.5. The molecule has 13 heavy (non-hydrogen) atoms. The Hall–Kier alpha value is -1.36. The number of carbonyl (C=O) groups is 1. The van der Waals surface area contributed by atoms with Crippen LogP contribution in [0.3, 0.4) is 0 Å². The van der Waals surface area contributed by atoms with E-state index in [2.05, 4.69) is 10.3 Å². The van der Waals surface area contributed by atoms with Crippen molar-refractivity contribution in [2.75, 3.05) is 5.32 Å². The molecule has 4 nitrogen and oxygen atoms in total. The number of hydrogen-bond donors (Lipinski definition) is 2. The lowest BCUT2D eigenvalue weighted by Crippen LogP contribution is -2.30. The number of hydrogen-bond acceptors (Lipinski definition) is 3. The van der Waals surface area contributed by atoms with Crippen molar-refractivity contribution in [1.82, 2.24) is 4.98 Å². The number of pyridine rings is 1. The average molecular weight is 174 g/mol. The van der Waals surface area contributed by atoms with E-state index in [0.29, 0.717) is 16.8 Å². The maximum atomic E-state index is 11.2. The number of nitrogens with zero attached hydrogens (tertiary/aromatic N) is 1. The van der Waals surface area contributed by atoms with Gasteiger partial charge < -0.3 is 10.4 Å². The Morgan fingerprint density at radius 3 is 3.08 bits per heavy atom. The molecule has 1 aliphatic heterocycles. The standard InChI is InChI=1S/C8H7BN2O2/c1-8(13)6-5(11-7(8)12)2-4(9)3-10-6/h2-3,13H,1H3,(H,11,12). The number of carbonyl (C=O) groups excluding carboxylic acids is 1. The van der Waals surface area contributed by atoms with Crippen molar-refractivity contribution in [1.29, 1.82) is 0 Å². The van der Waals surface area contributed by atoms with Crippen molar-refractivity contribution in [2.45, 2.75) is 12.5 Å². The summed E-state index contributed by atoms with van der Waals surface area (Å²) in [4.78, 5) is 15.1. The van der Waals surface area contributed by atoms with E-state index in [-0.39, 0.29) is 0 Å². The van der Waals surface area contributed by atoms with Gasteiger partial charge in [0.25, 0.3) is 5.91 Å². The second-order valence-electron chi connectivity index (χ2n) is 3.19. The van der Waals surface area contributed by atoms with Gasteiger partial charge in [-0.2, -0.15) is 0 Å². The molecule has 0 spiro atoms. The van der Waals surface area contributed by atoms with Crippen LogP contribution in [0.4, 0.5) is 5.69 Å². The van der Waals surface area contributed by atoms with Crippen molar-refractivity contribution in [3.63, 3.8) is 0 Å². The van der Waals surface area contributed by atoms with E-state index >= 15 is 0 Å². The minimum atomic E-state index is -1.54. The minimum absolute atomic E-state index is 0.326. The third-order valence-corrected chi connectivity index (χ3v) is 2.06. The summed E-state index contributed by atoms with van der Waals surface area (Å²) < 4.78 is 0. The summed E-state index contributed by atoms with van der Waals surface area (Å²) in [7, 11) is 5.47. The highest BCUT2D eigenvalue weighted by Gasteiger charge is 2.42. The first-order chi connectivity index (χ1) is 6.01. The van der Waals surface area contributed by atoms with Crippen molar-refractivity contribution in [3.8, 4) is 0 Å². The smallest absolute Gasteiger partial charge is 0.262 e. The van der Waals surface area contributed by atoms with Crippen LogP contribution in [-0.4, -0.2) is 23.8 Å². The van der Waals surface area contributed by atoms with Crippen molar-refractivity contribution >= 4 is 24.9 Å². The van der Waals surface area contributed by atoms with Gasteiger partial charge in [0.1, 0.15) is 13.5 Å². The summed E-state index contributed by atoms with van der Waals surface area (Å²) in [6.45, 7) is 1.40. The van der Waals surface area contributed by atoms with Crippen LogP contribution >= 0.6 is 0 Å². The highest BCUT2D eigenvalue weighted by atomic mass is 16.3. The van der Waals surface area contributed by atoms with Crippen LogP contribution < -0.4 is 10.8 Å². The van der Waals surface area contributed by atoms with Gasteiger partial charge in [-0.25, -0.2) is 0 Å². The van der Waals surface area contributed by atoms with Gasteiger partial charge >= 0.3 is 0 Å². The molecule has 1 atom stereocenters. The van der Waals surface area contributed by atoms with Gasteiger partial charge in [0, 0.05) is 6.20 Å². The molecule has 5 heteroatoms. The minimum Gasteiger partial charge on any atom is -0.374 e. The summed E-state index contributed by atoms with van der Waals surface area (Å²) >= 11 is 0. The first-order valence-corrected chi connectivity index (χ1v) is 3.81. The molecule has 1 aromatic rings. The highest BCUT2D eigenvalue weighted by Crippen LogP contribution is 2.32. The predicted molar refractivity (Wildman–Crippen MR) is 47.8 cm³/mol. The number of aliphatic hydroxyl groups is 1. The molecule has 0 aliphatic carbocycles. The topological polar surface area (TPSA) is 62.2 Å². The SMILES string of the molecule is [B]c1cnc2c(c1)NC(=O)C2(C)O. The molecule has 1 unspecified atom stereocenters. The van der Waals surface area contributed by atoms with Crippen LogP contribution in [0.15, 0.2) is 12.3 Å². The zero-order chi connectivity index (χ0) is 9.64. The molecule has 2 radical (unpaired) electrons. The molecule has 0 bridgehead atoms. The molecule has 1 aromatic heterocycles. The second kappa shape index (κ2) is 2.32. The summed E-state index contributed by atoms with van der Waals surface area (Å²) in [5, 5.41) is 12.2. The van der Waals surface area contributed by atoms with Gasteiger partial charge in [-0.05, 0) is 13.0 Å². The van der Waals surface area contributed by atoms with E-state index in [0.717, 1.165) is 0 Å². The Kier molecular flexibility index (Phi) is 1.47. The Morgan fingerprint density at radius 2 is 2.38 bits per heavy atom. The largest absolute Gasteiger partial charge is 0.374 e. The average Bonchev–Trinajstić information content (AvgIpc) is 2.23. The lowest BCUT2D eigenvalue weighted by atomic mass is 9.96. The molecule has 2 N–H and O–H groups in total. The third kappa shape index (κ3) is 1.04. The molecule has 64 valence electrons. The summed E-state index contributed by atoms with van der Waals surface area (Å²) in [6.07, 6.45) is 1.41. The van der Waals surface area contributed by atoms with Gasteiger partial charge in [-0.3, -0.25) is 9.78 Å². The van der Waals surface area contributed by atoms with Crippen LogP contribution in [0.1, 0.15) is 12.6 Å². The summed E-state index contributed by atoms with van der Waals surface area (Å²) in [5.41, 5.74) is -0.276. The fourth-order valence-electron chi connectivity index (χ4n) is 1.32. The molecular formula is C8H7BN2O2. The first-order valence-electron chi connectivity index (χ1n) is 3.81. The molecule has 1 amide bonds. The lowest BCUT2D eigenvalue weighted by Gasteiger charge is -2.11. The Bertz CT molecular complexity index is 390. The van der Waals surface area contributed by atoms with E-state index in [1.54, 1.807) is 6.07 Å². The van der Waals surface area contributed by atoms with Gasteiger partial charge in [-0.15, -0.1) is 0 Å². The number of anilines is 1. The molecule has 0 saturated heterocycles. The molecule has 2 heterocycles. The van der Waals surface area contributed by atoms with E-state index < -0.39 is 11.5 Å². The Balaban J connectivity index is 2.62. The number of aromatic nitrogens is 1. The van der Waals surface area contributed by atoms with Crippen LogP contribution in [0.25, 0.3) is 0 Å². The molecule has 0 saturated carbocycles. The van der Waals surface area contributed by atoms with E-state index in [9.17, 15) is 9.90 Å². The van der Waals surface area contributed by atoms with Crippen molar-refractivity contribution in [2.24, 2.45) is 0 Å². The fourth-order valence-corrected chi connectivity index (χ4v) is 1.32. The first kappa shape index (κ1) is 8.25. The van der Waals surface area contributed by atoms with E-state index in [1.807, 2.05) is 0 Å². The number of fused-ring (bicyclic) bond motifs is 1. The predicted octanol–water partition coefficient (Wildman–Crippen LogP) is -0.965. The van der Waals surface area contributed by atoms with Crippen LogP contribution in [-0.2, 0) is 10.4 Å². The fraction of sp³-hybridized carbons (Fsp3) is 0.250. The van der Waals surface area contributed by atoms with Crippen LogP contribution in [0, 0.1) is 0 Å². The zero-order valence-electron chi connectivity index (χ0n) is 7.03. The molecule has 0 aromatic carbocycles. The van der Waals surface area contributed by atoms with Gasteiger partial charge in [-0.1, -0.05) is 5.46 Å². The Morgan fingerprint density at radius 1 is 1.69 bits per heavy atom. The van der Waals surface area contributed by atoms with Crippen LogP contribution in [0.2, 0.25) is 0 Å². The maximum Gasteiger partial charge on any atom is 0.262 e. The molecule has 0 fully saturated rings. The van der Waals surface area contributed by atoms with Crippen LogP contribution in [0.5, 0.6) is 0 Å². The quantitative estimate of drug-likeness (QED) is 0.497.